The number of nitrogens with one attached hydrogen (secondary N) is 1. The lowest BCUT2D eigenvalue weighted by Gasteiger charge is -2.25. The zero-order chi connectivity index (χ0) is 19.9. The van der Waals surface area contributed by atoms with Crippen LogP contribution < -0.4 is 9.62 Å². The fraction of sp³-hybridized carbons (Fsp3) is 0.316. The number of hydrogen-bond donors (Lipinski definition) is 1. The van der Waals surface area contributed by atoms with Crippen molar-refractivity contribution in [2.24, 2.45) is 0 Å². The second kappa shape index (κ2) is 9.48. The summed E-state index contributed by atoms with van der Waals surface area (Å²) in [5.41, 5.74) is 0.434. The van der Waals surface area contributed by atoms with Crippen LogP contribution in [0.25, 0.3) is 0 Å². The predicted octanol–water partition coefficient (Wildman–Crippen LogP) is 2.81. The Morgan fingerprint density at radius 2 is 1.85 bits per heavy atom. The molecular weight excluding hydrogens is 371 g/mol. The summed E-state index contributed by atoms with van der Waals surface area (Å²) in [5, 5.41) is 0. The number of benzene rings is 2. The molecule has 2 aromatic rings. The fourth-order valence-corrected chi connectivity index (χ4v) is 3.66. The number of rotatable bonds is 9. The van der Waals surface area contributed by atoms with Crippen LogP contribution in [0.3, 0.4) is 0 Å². The van der Waals surface area contributed by atoms with Gasteiger partial charge in [0, 0.05) is 25.3 Å². The Balaban J connectivity index is 2.08. The van der Waals surface area contributed by atoms with E-state index < -0.39 is 21.8 Å². The third-order valence-electron chi connectivity index (χ3n) is 3.94. The normalized spacial score (nSPS) is 11.2. The lowest BCUT2D eigenvalue weighted by atomic mass is 10.1. The second-order valence-corrected chi connectivity index (χ2v) is 7.62. The number of carbonyl (C=O) groups is 1. The standard InChI is InChI=1S/C19H23FN2O4S/c1-3-12-22(15-9-10-17(18(20)14-15)19(23)26-2)13-11-21-27(24,25)16-7-5-4-6-8-16/h4-10,14,21H,3,11-13H2,1-2H3. The molecule has 0 aromatic heterocycles. The highest BCUT2D eigenvalue weighted by atomic mass is 32.2. The Morgan fingerprint density at radius 1 is 1.15 bits per heavy atom. The van der Waals surface area contributed by atoms with Gasteiger partial charge in [-0.2, -0.15) is 0 Å². The first-order valence-corrected chi connectivity index (χ1v) is 10.0. The summed E-state index contributed by atoms with van der Waals surface area (Å²) in [5.74, 6) is -1.41. The summed E-state index contributed by atoms with van der Waals surface area (Å²) in [7, 11) is -2.40. The zero-order valence-corrected chi connectivity index (χ0v) is 16.1. The van der Waals surface area contributed by atoms with Gasteiger partial charge in [-0.1, -0.05) is 25.1 Å². The first-order valence-electron chi connectivity index (χ1n) is 8.56. The molecule has 0 bridgehead atoms. The molecule has 6 nitrogen and oxygen atoms in total. The predicted molar refractivity (Wildman–Crippen MR) is 102 cm³/mol. The molecule has 0 amide bonds. The molecule has 2 aromatic carbocycles. The average Bonchev–Trinajstić information content (AvgIpc) is 2.67. The van der Waals surface area contributed by atoms with E-state index in [9.17, 15) is 17.6 Å². The number of ether oxygens (including phenoxy) is 1. The second-order valence-electron chi connectivity index (χ2n) is 5.85. The van der Waals surface area contributed by atoms with Crippen LogP contribution in [-0.4, -0.2) is 41.1 Å². The maximum absolute atomic E-state index is 14.2. The molecule has 0 aliphatic carbocycles. The highest BCUT2D eigenvalue weighted by molar-refractivity contribution is 7.89. The van der Waals surface area contributed by atoms with Gasteiger partial charge in [0.05, 0.1) is 17.6 Å². The first kappa shape index (κ1) is 20.9. The molecule has 0 spiro atoms. The van der Waals surface area contributed by atoms with Crippen LogP contribution in [0.5, 0.6) is 0 Å². The Bertz CT molecular complexity index is 873. The van der Waals surface area contributed by atoms with Crippen molar-refractivity contribution in [1.82, 2.24) is 4.72 Å². The molecule has 146 valence electrons. The summed E-state index contributed by atoms with van der Waals surface area (Å²) in [4.78, 5) is 13.6. The molecule has 0 atom stereocenters. The number of hydrogen-bond acceptors (Lipinski definition) is 5. The van der Waals surface area contributed by atoms with Gasteiger partial charge in [0.2, 0.25) is 10.0 Å². The molecule has 0 saturated carbocycles. The lowest BCUT2D eigenvalue weighted by molar-refractivity contribution is 0.0595. The number of sulfonamides is 1. The van der Waals surface area contributed by atoms with Gasteiger partial charge in [-0.3, -0.25) is 0 Å². The molecule has 27 heavy (non-hydrogen) atoms. The number of esters is 1. The molecular formula is C19H23FN2O4S. The Morgan fingerprint density at radius 3 is 2.44 bits per heavy atom. The van der Waals surface area contributed by atoms with Crippen LogP contribution in [0.4, 0.5) is 10.1 Å². The van der Waals surface area contributed by atoms with Crippen molar-refractivity contribution in [3.05, 3.63) is 59.9 Å². The van der Waals surface area contributed by atoms with E-state index in [4.69, 9.17) is 0 Å². The molecule has 8 heteroatoms. The Hall–Kier alpha value is -2.45. The zero-order valence-electron chi connectivity index (χ0n) is 15.3. The van der Waals surface area contributed by atoms with Crippen LogP contribution in [-0.2, 0) is 14.8 Å². The van der Waals surface area contributed by atoms with Gasteiger partial charge in [-0.15, -0.1) is 0 Å². The van der Waals surface area contributed by atoms with Crippen LogP contribution in [0, 0.1) is 5.82 Å². The van der Waals surface area contributed by atoms with Crippen LogP contribution in [0.15, 0.2) is 53.4 Å². The summed E-state index contributed by atoms with van der Waals surface area (Å²) in [6.45, 7) is 3.11. The van der Waals surface area contributed by atoms with Crippen molar-refractivity contribution in [3.8, 4) is 0 Å². The van der Waals surface area contributed by atoms with Crippen LogP contribution >= 0.6 is 0 Å². The van der Waals surface area contributed by atoms with E-state index in [0.29, 0.717) is 18.8 Å². The Labute approximate surface area is 159 Å². The van der Waals surface area contributed by atoms with Crippen molar-refractivity contribution in [3.63, 3.8) is 0 Å². The van der Waals surface area contributed by atoms with Gasteiger partial charge in [0.15, 0.2) is 0 Å². The van der Waals surface area contributed by atoms with Gasteiger partial charge in [0.1, 0.15) is 5.82 Å². The summed E-state index contributed by atoms with van der Waals surface area (Å²) < 4.78 is 45.8. The van der Waals surface area contributed by atoms with Crippen molar-refractivity contribution < 1.29 is 22.3 Å². The van der Waals surface area contributed by atoms with E-state index in [1.807, 2.05) is 11.8 Å². The minimum atomic E-state index is -3.59. The number of methoxy groups -OCH3 is 1. The molecule has 1 N–H and O–H groups in total. The van der Waals surface area contributed by atoms with Crippen molar-refractivity contribution >= 4 is 21.7 Å². The minimum absolute atomic E-state index is 0.137. The highest BCUT2D eigenvalue weighted by Crippen LogP contribution is 2.19. The molecule has 0 aliphatic rings. The van der Waals surface area contributed by atoms with Gasteiger partial charge < -0.3 is 9.64 Å². The monoisotopic (exact) mass is 394 g/mol. The molecule has 0 radical (unpaired) electrons. The van der Waals surface area contributed by atoms with E-state index in [2.05, 4.69) is 9.46 Å². The summed E-state index contributed by atoms with van der Waals surface area (Å²) in [6.07, 6.45) is 0.797. The van der Waals surface area contributed by atoms with Crippen LogP contribution in [0.1, 0.15) is 23.7 Å². The maximum atomic E-state index is 14.2. The quantitative estimate of drug-likeness (QED) is 0.662. The molecule has 0 saturated heterocycles. The van der Waals surface area contributed by atoms with Crippen molar-refractivity contribution in [2.75, 3.05) is 31.6 Å². The van der Waals surface area contributed by atoms with Gasteiger partial charge in [-0.25, -0.2) is 22.3 Å². The molecule has 0 heterocycles. The third kappa shape index (κ3) is 5.51. The van der Waals surface area contributed by atoms with Gasteiger partial charge in [0.25, 0.3) is 0 Å². The highest BCUT2D eigenvalue weighted by Gasteiger charge is 2.16. The summed E-state index contributed by atoms with van der Waals surface area (Å²) >= 11 is 0. The molecule has 0 unspecified atom stereocenters. The number of carbonyl (C=O) groups excluding carboxylic acids is 1. The van der Waals surface area contributed by atoms with Gasteiger partial charge in [-0.05, 0) is 36.8 Å². The number of halogens is 1. The van der Waals surface area contributed by atoms with E-state index in [1.165, 1.54) is 31.4 Å². The largest absolute Gasteiger partial charge is 0.465 e. The third-order valence-corrected chi connectivity index (χ3v) is 5.42. The fourth-order valence-electron chi connectivity index (χ4n) is 2.61. The average molecular weight is 394 g/mol. The molecule has 0 aliphatic heterocycles. The number of anilines is 1. The Kier molecular flexibility index (Phi) is 7.32. The van der Waals surface area contributed by atoms with Crippen LogP contribution in [0.2, 0.25) is 0 Å². The van der Waals surface area contributed by atoms with Gasteiger partial charge >= 0.3 is 5.97 Å². The SMILES string of the molecule is CCCN(CCNS(=O)(=O)c1ccccc1)c1ccc(C(=O)OC)c(F)c1. The summed E-state index contributed by atoms with van der Waals surface area (Å²) in [6, 6.07) is 12.3. The van der Waals surface area contributed by atoms with Crippen molar-refractivity contribution in [2.45, 2.75) is 18.2 Å². The topological polar surface area (TPSA) is 75.7 Å². The van der Waals surface area contributed by atoms with E-state index in [0.717, 1.165) is 6.42 Å². The maximum Gasteiger partial charge on any atom is 0.340 e. The smallest absolute Gasteiger partial charge is 0.340 e. The molecule has 0 fully saturated rings. The molecule has 2 rings (SSSR count). The van der Waals surface area contributed by atoms with E-state index >= 15 is 0 Å². The first-order chi connectivity index (χ1) is 12.9. The minimum Gasteiger partial charge on any atom is -0.465 e. The van der Waals surface area contributed by atoms with E-state index in [-0.39, 0.29) is 17.0 Å². The lowest BCUT2D eigenvalue weighted by Crippen LogP contribution is -2.35. The number of nitrogens with zero attached hydrogens (tertiary/aromatic N) is 1. The van der Waals surface area contributed by atoms with Crippen molar-refractivity contribution in [1.29, 1.82) is 0 Å². The van der Waals surface area contributed by atoms with E-state index in [1.54, 1.807) is 24.3 Å².